The second-order valence-corrected chi connectivity index (χ2v) is 7.63. The van der Waals surface area contributed by atoms with Crippen molar-refractivity contribution in [1.29, 1.82) is 0 Å². The Morgan fingerprint density at radius 1 is 0.731 bits per heavy atom. The Balaban J connectivity index is 1.91. The molecule has 3 aromatic carbocycles. The first-order chi connectivity index (χ1) is 12.5. The molecule has 0 bridgehead atoms. The second-order valence-electron chi connectivity index (χ2n) is 7.23. The van der Waals surface area contributed by atoms with Crippen LogP contribution in [0.2, 0.25) is 0 Å². The summed E-state index contributed by atoms with van der Waals surface area (Å²) in [5.41, 5.74) is 4.74. The fraction of sp³-hybridized carbons (Fsp3) is 0.261. The van der Waals surface area contributed by atoms with E-state index in [9.17, 15) is 0 Å². The monoisotopic (exact) mass is 362 g/mol. The number of para-hydroxylation sites is 1. The summed E-state index contributed by atoms with van der Waals surface area (Å²) < 4.78 is 0. The van der Waals surface area contributed by atoms with E-state index in [-0.39, 0.29) is 0 Å². The number of anilines is 2. The molecular formula is C23H26N2S. The molecule has 26 heavy (non-hydrogen) atoms. The Bertz CT molecular complexity index is 897. The summed E-state index contributed by atoms with van der Waals surface area (Å²) in [7, 11) is 0. The second kappa shape index (κ2) is 7.88. The first-order valence-electron chi connectivity index (χ1n) is 9.16. The van der Waals surface area contributed by atoms with Crippen molar-refractivity contribution in [2.75, 3.05) is 10.6 Å². The number of rotatable bonds is 4. The maximum atomic E-state index is 5.65. The maximum absolute atomic E-state index is 5.65. The number of fused-ring (bicyclic) bond motifs is 1. The highest BCUT2D eigenvalue weighted by Crippen LogP contribution is 2.32. The zero-order valence-corrected chi connectivity index (χ0v) is 16.7. The minimum atomic E-state index is 0.427. The average Bonchev–Trinajstić information content (AvgIpc) is 2.61. The highest BCUT2D eigenvalue weighted by atomic mass is 32.1. The van der Waals surface area contributed by atoms with Crippen LogP contribution in [0.5, 0.6) is 0 Å². The van der Waals surface area contributed by atoms with Crippen LogP contribution < -0.4 is 10.6 Å². The van der Waals surface area contributed by atoms with E-state index in [4.69, 9.17) is 12.2 Å². The highest BCUT2D eigenvalue weighted by Gasteiger charge is 2.15. The minimum Gasteiger partial charge on any atom is -0.332 e. The molecule has 0 aromatic heterocycles. The molecule has 3 heteroatoms. The molecular weight excluding hydrogens is 336 g/mol. The SMILES string of the molecule is CC(C)c1cccc(C(C)C)c1NC(=S)Nc1cccc2ccccc12. The minimum absolute atomic E-state index is 0.427. The van der Waals surface area contributed by atoms with Crippen LogP contribution in [0.3, 0.4) is 0 Å². The van der Waals surface area contributed by atoms with Crippen LogP contribution in [0.25, 0.3) is 10.8 Å². The van der Waals surface area contributed by atoms with Gasteiger partial charge in [0.1, 0.15) is 0 Å². The molecule has 0 heterocycles. The van der Waals surface area contributed by atoms with E-state index in [1.165, 1.54) is 21.9 Å². The van der Waals surface area contributed by atoms with Crippen LogP contribution in [-0.2, 0) is 0 Å². The van der Waals surface area contributed by atoms with Gasteiger partial charge in [-0.15, -0.1) is 0 Å². The summed E-state index contributed by atoms with van der Waals surface area (Å²) in [5.74, 6) is 0.855. The molecule has 0 saturated heterocycles. The summed E-state index contributed by atoms with van der Waals surface area (Å²) in [5, 5.41) is 9.85. The van der Waals surface area contributed by atoms with Gasteiger partial charge in [-0.25, -0.2) is 0 Å². The Morgan fingerprint density at radius 3 is 1.96 bits per heavy atom. The third-order valence-electron chi connectivity index (χ3n) is 4.65. The fourth-order valence-corrected chi connectivity index (χ4v) is 3.51. The zero-order valence-electron chi connectivity index (χ0n) is 15.8. The Labute approximate surface area is 161 Å². The van der Waals surface area contributed by atoms with Crippen molar-refractivity contribution in [1.82, 2.24) is 0 Å². The number of benzene rings is 3. The lowest BCUT2D eigenvalue weighted by molar-refractivity contribution is 0.839. The molecule has 0 aliphatic heterocycles. The molecule has 0 aliphatic rings. The molecule has 0 atom stereocenters. The first-order valence-corrected chi connectivity index (χ1v) is 9.56. The molecule has 2 N–H and O–H groups in total. The van der Waals surface area contributed by atoms with E-state index >= 15 is 0 Å². The molecule has 0 spiro atoms. The molecule has 0 unspecified atom stereocenters. The molecule has 0 saturated carbocycles. The molecule has 3 aromatic rings. The number of thiocarbonyl (C=S) groups is 1. The van der Waals surface area contributed by atoms with Gasteiger partial charge in [0.15, 0.2) is 5.11 Å². The molecule has 0 radical (unpaired) electrons. The summed E-state index contributed by atoms with van der Waals surface area (Å²) >= 11 is 5.65. The van der Waals surface area contributed by atoms with E-state index in [2.05, 4.69) is 99.0 Å². The van der Waals surface area contributed by atoms with Crippen molar-refractivity contribution in [3.05, 3.63) is 71.8 Å². The molecule has 0 fully saturated rings. The average molecular weight is 363 g/mol. The standard InChI is InChI=1S/C23H26N2S/c1-15(2)18-12-8-13-19(16(3)4)22(18)25-23(26)24-21-14-7-10-17-9-5-6-11-20(17)21/h5-16H,1-4H3,(H2,24,25,26). The summed E-state index contributed by atoms with van der Waals surface area (Å²) in [6.45, 7) is 8.86. The Hall–Kier alpha value is -2.39. The van der Waals surface area contributed by atoms with E-state index in [0.29, 0.717) is 16.9 Å². The summed E-state index contributed by atoms with van der Waals surface area (Å²) in [4.78, 5) is 0. The molecule has 3 rings (SSSR count). The van der Waals surface area contributed by atoms with Crippen LogP contribution in [0.15, 0.2) is 60.7 Å². The van der Waals surface area contributed by atoms with Crippen LogP contribution in [0, 0.1) is 0 Å². The van der Waals surface area contributed by atoms with Gasteiger partial charge < -0.3 is 10.6 Å². The van der Waals surface area contributed by atoms with E-state index in [1.807, 2.05) is 0 Å². The topological polar surface area (TPSA) is 24.1 Å². The number of hydrogen-bond donors (Lipinski definition) is 2. The van der Waals surface area contributed by atoms with E-state index < -0.39 is 0 Å². The third kappa shape index (κ3) is 3.88. The molecule has 134 valence electrons. The van der Waals surface area contributed by atoms with Crippen LogP contribution >= 0.6 is 12.2 Å². The smallest absolute Gasteiger partial charge is 0.175 e. The molecule has 0 amide bonds. The normalized spacial score (nSPS) is 11.2. The predicted octanol–water partition coefficient (Wildman–Crippen LogP) is 6.90. The van der Waals surface area contributed by atoms with Crippen molar-refractivity contribution in [2.24, 2.45) is 0 Å². The number of hydrogen-bond acceptors (Lipinski definition) is 1. The number of nitrogens with one attached hydrogen (secondary N) is 2. The van der Waals surface area contributed by atoms with Crippen molar-refractivity contribution in [3.8, 4) is 0 Å². The first kappa shape index (κ1) is 18.4. The van der Waals surface area contributed by atoms with Gasteiger partial charge >= 0.3 is 0 Å². The predicted molar refractivity (Wildman–Crippen MR) is 118 cm³/mol. The maximum Gasteiger partial charge on any atom is 0.175 e. The van der Waals surface area contributed by atoms with Gasteiger partial charge in [-0.1, -0.05) is 82.3 Å². The van der Waals surface area contributed by atoms with Gasteiger partial charge in [0.05, 0.1) is 0 Å². The Kier molecular flexibility index (Phi) is 5.58. The highest BCUT2D eigenvalue weighted by molar-refractivity contribution is 7.80. The van der Waals surface area contributed by atoms with Crippen LogP contribution in [0.1, 0.15) is 50.7 Å². The lowest BCUT2D eigenvalue weighted by Gasteiger charge is -2.22. The quantitative estimate of drug-likeness (QED) is 0.494. The summed E-state index contributed by atoms with van der Waals surface area (Å²) in [6, 6.07) is 21.1. The molecule has 0 aliphatic carbocycles. The van der Waals surface area contributed by atoms with Crippen molar-refractivity contribution in [2.45, 2.75) is 39.5 Å². The lowest BCUT2D eigenvalue weighted by atomic mass is 9.93. The van der Waals surface area contributed by atoms with E-state index in [0.717, 1.165) is 11.4 Å². The Morgan fingerprint density at radius 2 is 1.31 bits per heavy atom. The largest absolute Gasteiger partial charge is 0.332 e. The third-order valence-corrected chi connectivity index (χ3v) is 4.85. The van der Waals surface area contributed by atoms with Crippen molar-refractivity contribution < 1.29 is 0 Å². The zero-order chi connectivity index (χ0) is 18.7. The van der Waals surface area contributed by atoms with Crippen LogP contribution in [-0.4, -0.2) is 5.11 Å². The van der Waals surface area contributed by atoms with Crippen LogP contribution in [0.4, 0.5) is 11.4 Å². The van der Waals surface area contributed by atoms with Gasteiger partial charge in [0, 0.05) is 16.8 Å². The molecule has 2 nitrogen and oxygen atoms in total. The van der Waals surface area contributed by atoms with Gasteiger partial charge in [0.25, 0.3) is 0 Å². The van der Waals surface area contributed by atoms with Crippen molar-refractivity contribution in [3.63, 3.8) is 0 Å². The lowest BCUT2D eigenvalue weighted by Crippen LogP contribution is -2.21. The van der Waals surface area contributed by atoms with Gasteiger partial charge in [0.2, 0.25) is 0 Å². The van der Waals surface area contributed by atoms with Crippen molar-refractivity contribution >= 4 is 39.5 Å². The van der Waals surface area contributed by atoms with Gasteiger partial charge in [-0.2, -0.15) is 0 Å². The van der Waals surface area contributed by atoms with Gasteiger partial charge in [-0.05, 0) is 46.6 Å². The summed E-state index contributed by atoms with van der Waals surface area (Å²) in [6.07, 6.45) is 0. The van der Waals surface area contributed by atoms with E-state index in [1.54, 1.807) is 0 Å². The fourth-order valence-electron chi connectivity index (χ4n) is 3.30. The van der Waals surface area contributed by atoms with Gasteiger partial charge in [-0.3, -0.25) is 0 Å².